The summed E-state index contributed by atoms with van der Waals surface area (Å²) in [6.45, 7) is 11.0. The number of nitrogens with zero attached hydrogens (tertiary/aromatic N) is 3. The summed E-state index contributed by atoms with van der Waals surface area (Å²) in [4.78, 5) is 45.9. The molecule has 1 aromatic heterocycles. The number of para-hydroxylation sites is 2. The monoisotopic (exact) mass is 453 g/mol. The number of aromatic nitrogens is 2. The molecule has 4 rings (SSSR count). The summed E-state index contributed by atoms with van der Waals surface area (Å²) in [5.74, 6) is 0.497. The summed E-state index contributed by atoms with van der Waals surface area (Å²) < 4.78 is 7.30. The maximum atomic E-state index is 13.8. The molecule has 33 heavy (non-hydrogen) atoms. The van der Waals surface area contributed by atoms with E-state index in [9.17, 15) is 14.4 Å². The van der Waals surface area contributed by atoms with E-state index < -0.39 is 11.7 Å². The summed E-state index contributed by atoms with van der Waals surface area (Å²) in [5.41, 5.74) is 0.729. The second-order valence-electron chi connectivity index (χ2n) is 10.9. The molecule has 0 spiro atoms. The predicted molar refractivity (Wildman–Crippen MR) is 126 cm³/mol. The van der Waals surface area contributed by atoms with Crippen LogP contribution in [-0.4, -0.2) is 43.9 Å². The Labute approximate surface area is 195 Å². The topological polar surface area (TPSA) is 81.5 Å². The number of likely N-dealkylation sites (tertiary alicyclic amines) is 1. The van der Waals surface area contributed by atoms with Gasteiger partial charge in [-0.25, -0.2) is 14.3 Å². The summed E-state index contributed by atoms with van der Waals surface area (Å²) in [6, 6.07) is 7.33. The molecule has 1 amide bonds. The van der Waals surface area contributed by atoms with Gasteiger partial charge in [0.2, 0.25) is 5.91 Å². The van der Waals surface area contributed by atoms with Crippen LogP contribution in [0.15, 0.2) is 24.3 Å². The van der Waals surface area contributed by atoms with Crippen LogP contribution in [0.5, 0.6) is 0 Å². The fourth-order valence-electron chi connectivity index (χ4n) is 5.49. The highest BCUT2D eigenvalue weighted by Crippen LogP contribution is 2.51. The molecule has 2 bridgehead atoms. The van der Waals surface area contributed by atoms with E-state index in [2.05, 4.69) is 0 Å². The van der Waals surface area contributed by atoms with Gasteiger partial charge >= 0.3 is 6.09 Å². The standard InChI is InChI=1S/C26H35N3O4/c1-15(2)19(13-16(3)30)24(31)28-18-12-11-17(14-18)22(28)23-27-20-9-7-8-10-21(20)29(23)25(32)33-26(4,5)6/h7-10,15,17-19,22H,11-14H2,1-6H3. The van der Waals surface area contributed by atoms with Crippen LogP contribution in [-0.2, 0) is 14.3 Å². The Bertz CT molecular complexity index is 1080. The Morgan fingerprint density at radius 2 is 1.85 bits per heavy atom. The fourth-order valence-corrected chi connectivity index (χ4v) is 5.49. The van der Waals surface area contributed by atoms with E-state index >= 15 is 0 Å². The molecule has 7 heteroatoms. The van der Waals surface area contributed by atoms with Gasteiger partial charge in [0.25, 0.3) is 0 Å². The molecule has 1 aromatic carbocycles. The first-order chi connectivity index (χ1) is 15.5. The van der Waals surface area contributed by atoms with Crippen LogP contribution in [0.25, 0.3) is 11.0 Å². The minimum absolute atomic E-state index is 0.000180. The number of amides is 1. The van der Waals surface area contributed by atoms with Crippen LogP contribution in [0.4, 0.5) is 4.79 Å². The number of carbonyl (C=O) groups excluding carboxylic acids is 3. The minimum atomic E-state index is -0.659. The van der Waals surface area contributed by atoms with Crippen molar-refractivity contribution in [2.75, 3.05) is 0 Å². The molecule has 2 aliphatic rings. The quantitative estimate of drug-likeness (QED) is 0.627. The third-order valence-electron chi connectivity index (χ3n) is 6.90. The van der Waals surface area contributed by atoms with E-state index in [1.54, 1.807) is 4.57 Å². The van der Waals surface area contributed by atoms with Gasteiger partial charge in [-0.2, -0.15) is 0 Å². The number of fused-ring (bicyclic) bond motifs is 3. The number of imidazole rings is 1. The normalized spacial score (nSPS) is 23.4. The van der Waals surface area contributed by atoms with Gasteiger partial charge in [0.1, 0.15) is 17.2 Å². The second kappa shape index (κ2) is 8.58. The van der Waals surface area contributed by atoms with Crippen LogP contribution < -0.4 is 0 Å². The summed E-state index contributed by atoms with van der Waals surface area (Å²) >= 11 is 0. The lowest BCUT2D eigenvalue weighted by atomic mass is 9.88. The zero-order chi connectivity index (χ0) is 24.1. The molecule has 2 heterocycles. The smallest absolute Gasteiger partial charge is 0.420 e. The Kier molecular flexibility index (Phi) is 6.10. The average molecular weight is 454 g/mol. The fraction of sp³-hybridized carbons (Fsp3) is 0.615. The SMILES string of the molecule is CC(=O)CC(C(=O)N1C2CCC(C2)C1c1nc2ccccc2n1C(=O)OC(C)(C)C)C(C)C. The van der Waals surface area contributed by atoms with Crippen molar-refractivity contribution in [2.24, 2.45) is 17.8 Å². The van der Waals surface area contributed by atoms with Gasteiger partial charge in [0, 0.05) is 18.4 Å². The van der Waals surface area contributed by atoms with E-state index in [0.717, 1.165) is 19.3 Å². The van der Waals surface area contributed by atoms with Crippen LogP contribution in [0.2, 0.25) is 0 Å². The lowest BCUT2D eigenvalue weighted by Crippen LogP contribution is -2.46. The average Bonchev–Trinajstić information content (AvgIpc) is 3.41. The molecular weight excluding hydrogens is 418 g/mol. The van der Waals surface area contributed by atoms with Crippen molar-refractivity contribution in [2.45, 2.75) is 84.9 Å². The van der Waals surface area contributed by atoms with E-state index in [4.69, 9.17) is 9.72 Å². The highest BCUT2D eigenvalue weighted by molar-refractivity contribution is 5.89. The zero-order valence-corrected chi connectivity index (χ0v) is 20.5. The van der Waals surface area contributed by atoms with Crippen LogP contribution in [0, 0.1) is 17.8 Å². The molecule has 0 N–H and O–H groups in total. The molecule has 0 radical (unpaired) electrons. The number of benzene rings is 1. The summed E-state index contributed by atoms with van der Waals surface area (Å²) in [5, 5.41) is 0. The molecule has 2 fully saturated rings. The van der Waals surface area contributed by atoms with Crippen molar-refractivity contribution in [3.63, 3.8) is 0 Å². The van der Waals surface area contributed by atoms with Gasteiger partial charge < -0.3 is 14.4 Å². The zero-order valence-electron chi connectivity index (χ0n) is 20.5. The Hall–Kier alpha value is -2.70. The lowest BCUT2D eigenvalue weighted by molar-refractivity contribution is -0.144. The molecule has 178 valence electrons. The van der Waals surface area contributed by atoms with Crippen molar-refractivity contribution >= 4 is 28.8 Å². The predicted octanol–water partition coefficient (Wildman–Crippen LogP) is 5.12. The Balaban J connectivity index is 1.81. The van der Waals surface area contributed by atoms with Gasteiger partial charge in [-0.1, -0.05) is 26.0 Å². The van der Waals surface area contributed by atoms with Crippen molar-refractivity contribution in [3.05, 3.63) is 30.1 Å². The van der Waals surface area contributed by atoms with Crippen LogP contribution in [0.1, 0.15) is 79.1 Å². The largest absolute Gasteiger partial charge is 0.443 e. The molecule has 1 aliphatic carbocycles. The molecule has 4 atom stereocenters. The van der Waals surface area contributed by atoms with E-state index in [-0.39, 0.29) is 47.9 Å². The van der Waals surface area contributed by atoms with Gasteiger partial charge in [0.05, 0.1) is 17.1 Å². The van der Waals surface area contributed by atoms with Crippen molar-refractivity contribution in [1.29, 1.82) is 0 Å². The molecular formula is C26H35N3O4. The lowest BCUT2D eigenvalue weighted by Gasteiger charge is -2.38. The Morgan fingerprint density at radius 1 is 1.15 bits per heavy atom. The van der Waals surface area contributed by atoms with Gasteiger partial charge in [-0.3, -0.25) is 4.79 Å². The first-order valence-corrected chi connectivity index (χ1v) is 12.0. The number of Topliss-reactive ketones (excluding diaryl/α,β-unsaturated/α-hetero) is 1. The molecule has 1 aliphatic heterocycles. The van der Waals surface area contributed by atoms with Gasteiger partial charge in [-0.15, -0.1) is 0 Å². The minimum Gasteiger partial charge on any atom is -0.443 e. The number of ketones is 1. The van der Waals surface area contributed by atoms with Crippen molar-refractivity contribution in [1.82, 2.24) is 14.5 Å². The second-order valence-corrected chi connectivity index (χ2v) is 10.9. The maximum Gasteiger partial charge on any atom is 0.420 e. The summed E-state index contributed by atoms with van der Waals surface area (Å²) in [6.07, 6.45) is 2.60. The molecule has 7 nitrogen and oxygen atoms in total. The first-order valence-electron chi connectivity index (χ1n) is 12.0. The van der Waals surface area contributed by atoms with Crippen molar-refractivity contribution in [3.8, 4) is 0 Å². The third-order valence-corrected chi connectivity index (χ3v) is 6.90. The number of hydrogen-bond donors (Lipinski definition) is 0. The number of rotatable bonds is 5. The highest BCUT2D eigenvalue weighted by atomic mass is 16.6. The molecule has 4 unspecified atom stereocenters. The van der Waals surface area contributed by atoms with Gasteiger partial charge in [-0.05, 0) is 70.9 Å². The molecule has 2 aromatic rings. The van der Waals surface area contributed by atoms with E-state index in [0.29, 0.717) is 16.9 Å². The van der Waals surface area contributed by atoms with Crippen LogP contribution in [0.3, 0.4) is 0 Å². The molecule has 1 saturated carbocycles. The Morgan fingerprint density at radius 3 is 2.48 bits per heavy atom. The summed E-state index contributed by atoms with van der Waals surface area (Å²) in [7, 11) is 0. The third kappa shape index (κ3) is 4.42. The van der Waals surface area contributed by atoms with Crippen molar-refractivity contribution < 1.29 is 19.1 Å². The number of hydrogen-bond acceptors (Lipinski definition) is 5. The highest BCUT2D eigenvalue weighted by Gasteiger charge is 2.52. The van der Waals surface area contributed by atoms with E-state index in [1.807, 2.05) is 63.8 Å². The number of carbonyl (C=O) groups is 3. The number of piperidine rings is 1. The van der Waals surface area contributed by atoms with Crippen LogP contribution >= 0.6 is 0 Å². The molecule has 1 saturated heterocycles. The first kappa shape index (κ1) is 23.5. The van der Waals surface area contributed by atoms with Gasteiger partial charge in [0.15, 0.2) is 0 Å². The van der Waals surface area contributed by atoms with E-state index in [1.165, 1.54) is 6.92 Å². The number of ether oxygens (including phenoxy) is 1. The maximum absolute atomic E-state index is 13.8.